The van der Waals surface area contributed by atoms with Gasteiger partial charge < -0.3 is 5.32 Å². The third-order valence-electron chi connectivity index (χ3n) is 2.37. The van der Waals surface area contributed by atoms with Crippen LogP contribution < -0.4 is 5.32 Å². The minimum Gasteiger partial charge on any atom is -0.355 e. The van der Waals surface area contributed by atoms with Crippen molar-refractivity contribution in [1.29, 1.82) is 5.26 Å². The Morgan fingerprint density at radius 1 is 1.11 bits per heavy atom. The van der Waals surface area contributed by atoms with E-state index >= 15 is 0 Å². The van der Waals surface area contributed by atoms with Crippen molar-refractivity contribution in [3.05, 3.63) is 54.1 Å². The first kappa shape index (κ1) is 13.4. The van der Waals surface area contributed by atoms with Gasteiger partial charge in [-0.1, -0.05) is 30.0 Å². The maximum absolute atomic E-state index is 12.5. The number of benzene rings is 2. The van der Waals surface area contributed by atoms with E-state index in [1.54, 1.807) is 48.5 Å². The molecule has 0 spiro atoms. The van der Waals surface area contributed by atoms with Crippen molar-refractivity contribution in [3.8, 4) is 6.07 Å². The number of nitrogens with one attached hydrogen (secondary N) is 1. The molecule has 19 heavy (non-hydrogen) atoms. The van der Waals surface area contributed by atoms with E-state index in [1.807, 2.05) is 6.07 Å². The second-order valence-corrected chi connectivity index (χ2v) is 4.72. The average Bonchev–Trinajstić information content (AvgIpc) is 2.41. The molecule has 0 heterocycles. The lowest BCUT2D eigenvalue weighted by atomic mass is 10.2. The Balaban J connectivity index is 2.25. The summed E-state index contributed by atoms with van der Waals surface area (Å²) in [7, 11) is 0. The fourth-order valence-electron chi connectivity index (χ4n) is 1.59. The number of alkyl halides is 2. The standard InChI is InChI=1S/C14H10F2N2S/c15-14(16)19-13-7-2-1-6-12(13)18-11-5-3-4-10(8-11)9-17/h1-8,14,18H. The van der Waals surface area contributed by atoms with Crippen LogP contribution in [0.2, 0.25) is 0 Å². The number of nitriles is 1. The molecule has 2 nitrogen and oxygen atoms in total. The van der Waals surface area contributed by atoms with Crippen molar-refractivity contribution < 1.29 is 8.78 Å². The number of nitrogens with zero attached hydrogens (tertiary/aromatic N) is 1. The molecule has 0 saturated carbocycles. The predicted molar refractivity (Wildman–Crippen MR) is 72.7 cm³/mol. The van der Waals surface area contributed by atoms with E-state index in [1.165, 1.54) is 0 Å². The smallest absolute Gasteiger partial charge is 0.288 e. The van der Waals surface area contributed by atoms with Gasteiger partial charge >= 0.3 is 0 Å². The van der Waals surface area contributed by atoms with Crippen LogP contribution in [0, 0.1) is 11.3 Å². The van der Waals surface area contributed by atoms with Crippen LogP contribution in [0.3, 0.4) is 0 Å². The van der Waals surface area contributed by atoms with Gasteiger partial charge in [0, 0.05) is 10.6 Å². The number of para-hydroxylation sites is 1. The second-order valence-electron chi connectivity index (χ2n) is 3.69. The third-order valence-corrected chi connectivity index (χ3v) is 3.16. The molecular formula is C14H10F2N2S. The summed E-state index contributed by atoms with van der Waals surface area (Å²) in [5.41, 5.74) is 1.81. The van der Waals surface area contributed by atoms with Gasteiger partial charge in [-0.3, -0.25) is 0 Å². The molecule has 0 amide bonds. The zero-order chi connectivity index (χ0) is 13.7. The lowest BCUT2D eigenvalue weighted by Gasteiger charge is -2.11. The summed E-state index contributed by atoms with van der Waals surface area (Å²) in [4.78, 5) is 0.472. The Hall–Kier alpha value is -2.06. The van der Waals surface area contributed by atoms with Gasteiger partial charge in [-0.25, -0.2) is 0 Å². The summed E-state index contributed by atoms with van der Waals surface area (Å²) in [5.74, 6) is -2.46. The number of hydrogen-bond acceptors (Lipinski definition) is 3. The van der Waals surface area contributed by atoms with E-state index in [9.17, 15) is 8.78 Å². The van der Waals surface area contributed by atoms with E-state index < -0.39 is 5.76 Å². The topological polar surface area (TPSA) is 35.8 Å². The van der Waals surface area contributed by atoms with E-state index in [0.717, 1.165) is 0 Å². The monoisotopic (exact) mass is 276 g/mol. The molecule has 0 fully saturated rings. The Bertz CT molecular complexity index is 608. The molecule has 2 rings (SSSR count). The van der Waals surface area contributed by atoms with Crippen LogP contribution in [0.15, 0.2) is 53.4 Å². The number of rotatable bonds is 4. The van der Waals surface area contributed by atoms with Crippen molar-refractivity contribution in [3.63, 3.8) is 0 Å². The van der Waals surface area contributed by atoms with Crippen LogP contribution in [0.4, 0.5) is 20.2 Å². The SMILES string of the molecule is N#Cc1cccc(Nc2ccccc2SC(F)F)c1. The Kier molecular flexibility index (Phi) is 4.37. The maximum Gasteiger partial charge on any atom is 0.288 e. The van der Waals surface area contributed by atoms with Gasteiger partial charge in [-0.15, -0.1) is 0 Å². The number of anilines is 2. The molecule has 0 atom stereocenters. The highest BCUT2D eigenvalue weighted by molar-refractivity contribution is 7.99. The quantitative estimate of drug-likeness (QED) is 0.828. The number of hydrogen-bond donors (Lipinski definition) is 1. The summed E-state index contributed by atoms with van der Waals surface area (Å²) in [6.45, 7) is 0. The van der Waals surface area contributed by atoms with Gasteiger partial charge in [0.1, 0.15) is 0 Å². The van der Waals surface area contributed by atoms with Crippen LogP contribution in [-0.4, -0.2) is 5.76 Å². The van der Waals surface area contributed by atoms with Crippen molar-refractivity contribution in [2.75, 3.05) is 5.32 Å². The molecule has 5 heteroatoms. The van der Waals surface area contributed by atoms with Gasteiger partial charge in [-0.05, 0) is 30.3 Å². The highest BCUT2D eigenvalue weighted by Crippen LogP contribution is 2.33. The van der Waals surface area contributed by atoms with E-state index in [-0.39, 0.29) is 0 Å². The predicted octanol–water partition coefficient (Wildman–Crippen LogP) is 4.62. The first-order valence-corrected chi connectivity index (χ1v) is 6.38. The third kappa shape index (κ3) is 3.70. The van der Waals surface area contributed by atoms with Crippen LogP contribution >= 0.6 is 11.8 Å². The number of thioether (sulfide) groups is 1. The molecule has 0 saturated heterocycles. The Morgan fingerprint density at radius 2 is 1.89 bits per heavy atom. The fraction of sp³-hybridized carbons (Fsp3) is 0.0714. The molecule has 0 aliphatic heterocycles. The molecular weight excluding hydrogens is 266 g/mol. The van der Waals surface area contributed by atoms with E-state index in [0.29, 0.717) is 33.6 Å². The summed E-state index contributed by atoms with van der Waals surface area (Å²) in [5, 5.41) is 11.9. The van der Waals surface area contributed by atoms with Gasteiger partial charge in [0.15, 0.2) is 0 Å². The van der Waals surface area contributed by atoms with Crippen molar-refractivity contribution >= 4 is 23.1 Å². The first-order valence-electron chi connectivity index (χ1n) is 5.50. The molecule has 96 valence electrons. The molecule has 2 aromatic carbocycles. The maximum atomic E-state index is 12.5. The lowest BCUT2D eigenvalue weighted by Crippen LogP contribution is -1.94. The molecule has 0 unspecified atom stereocenters. The minimum atomic E-state index is -2.46. The van der Waals surface area contributed by atoms with Crippen molar-refractivity contribution in [1.82, 2.24) is 0 Å². The van der Waals surface area contributed by atoms with Crippen LogP contribution in [0.25, 0.3) is 0 Å². The van der Waals surface area contributed by atoms with Crippen LogP contribution in [0.5, 0.6) is 0 Å². The first-order chi connectivity index (χ1) is 9.19. The van der Waals surface area contributed by atoms with Crippen molar-refractivity contribution in [2.45, 2.75) is 10.7 Å². The highest BCUT2D eigenvalue weighted by Gasteiger charge is 2.09. The largest absolute Gasteiger partial charge is 0.355 e. The van der Waals surface area contributed by atoms with Gasteiger partial charge in [0.05, 0.1) is 17.3 Å². The molecule has 0 radical (unpaired) electrons. The molecule has 1 N–H and O–H groups in total. The zero-order valence-electron chi connectivity index (χ0n) is 9.81. The molecule has 2 aromatic rings. The lowest BCUT2D eigenvalue weighted by molar-refractivity contribution is 0.252. The second kappa shape index (κ2) is 6.21. The van der Waals surface area contributed by atoms with E-state index in [2.05, 4.69) is 5.32 Å². The van der Waals surface area contributed by atoms with Crippen LogP contribution in [-0.2, 0) is 0 Å². The highest BCUT2D eigenvalue weighted by atomic mass is 32.2. The molecule has 0 bridgehead atoms. The summed E-state index contributed by atoms with van der Waals surface area (Å²) in [6.07, 6.45) is 0. The van der Waals surface area contributed by atoms with Gasteiger partial charge in [0.25, 0.3) is 5.76 Å². The van der Waals surface area contributed by atoms with Crippen molar-refractivity contribution in [2.24, 2.45) is 0 Å². The Morgan fingerprint density at radius 3 is 2.63 bits per heavy atom. The molecule has 0 aliphatic rings. The normalized spacial score (nSPS) is 10.2. The fourth-order valence-corrected chi connectivity index (χ4v) is 2.19. The Labute approximate surface area is 114 Å². The molecule has 0 aromatic heterocycles. The summed E-state index contributed by atoms with van der Waals surface area (Å²) in [6, 6.07) is 15.8. The van der Waals surface area contributed by atoms with Gasteiger partial charge in [-0.2, -0.15) is 14.0 Å². The van der Waals surface area contributed by atoms with Gasteiger partial charge in [0.2, 0.25) is 0 Å². The average molecular weight is 276 g/mol. The summed E-state index contributed by atoms with van der Waals surface area (Å²) >= 11 is 0.493. The molecule has 0 aliphatic carbocycles. The zero-order valence-corrected chi connectivity index (χ0v) is 10.6. The minimum absolute atomic E-state index is 0.472. The van der Waals surface area contributed by atoms with Crippen LogP contribution in [0.1, 0.15) is 5.56 Å². The number of halogens is 2. The summed E-state index contributed by atoms with van der Waals surface area (Å²) < 4.78 is 24.9. The van der Waals surface area contributed by atoms with E-state index in [4.69, 9.17) is 5.26 Å².